The van der Waals surface area contributed by atoms with Gasteiger partial charge in [0, 0.05) is 13.0 Å². The van der Waals surface area contributed by atoms with Gasteiger partial charge in [0.1, 0.15) is 12.2 Å². The first-order valence-electron chi connectivity index (χ1n) is 7.40. The zero-order chi connectivity index (χ0) is 14.1. The number of amides is 2. The lowest BCUT2D eigenvalue weighted by Gasteiger charge is -2.17. The Morgan fingerprint density at radius 3 is 2.55 bits per heavy atom. The fourth-order valence-corrected chi connectivity index (χ4v) is 3.51. The highest BCUT2D eigenvalue weighted by molar-refractivity contribution is 6.05. The van der Waals surface area contributed by atoms with E-state index >= 15 is 0 Å². The highest BCUT2D eigenvalue weighted by atomic mass is 16.2. The number of aromatic amines is 1. The minimum absolute atomic E-state index is 0.0438. The van der Waals surface area contributed by atoms with Crippen molar-refractivity contribution in [3.05, 3.63) is 12.2 Å². The molecule has 1 aliphatic carbocycles. The minimum atomic E-state index is -0.0438. The third-order valence-corrected chi connectivity index (χ3v) is 4.66. The van der Waals surface area contributed by atoms with Crippen LogP contribution in [-0.4, -0.2) is 38.4 Å². The minimum Gasteiger partial charge on any atom is -0.282 e. The molecule has 1 N–H and O–H groups in total. The van der Waals surface area contributed by atoms with Crippen molar-refractivity contribution in [3.8, 4) is 0 Å². The van der Waals surface area contributed by atoms with Gasteiger partial charge in [-0.2, -0.15) is 5.10 Å². The zero-order valence-corrected chi connectivity index (χ0v) is 11.7. The Labute approximate surface area is 117 Å². The number of imide groups is 1. The first-order valence-corrected chi connectivity index (χ1v) is 7.40. The van der Waals surface area contributed by atoms with Crippen molar-refractivity contribution in [1.82, 2.24) is 20.1 Å². The molecular formula is C14H20N4O2. The molecule has 1 aliphatic heterocycles. The van der Waals surface area contributed by atoms with Crippen LogP contribution in [0.3, 0.4) is 0 Å². The van der Waals surface area contributed by atoms with Gasteiger partial charge in [-0.15, -0.1) is 0 Å². The topological polar surface area (TPSA) is 79.0 Å². The second kappa shape index (κ2) is 5.34. The predicted molar refractivity (Wildman–Crippen MR) is 71.4 cm³/mol. The molecule has 6 nitrogen and oxygen atoms in total. The van der Waals surface area contributed by atoms with E-state index in [1.165, 1.54) is 11.2 Å². The fraction of sp³-hybridized carbons (Fsp3) is 0.714. The molecule has 0 radical (unpaired) electrons. The quantitative estimate of drug-likeness (QED) is 0.818. The Kier molecular flexibility index (Phi) is 3.54. The smallest absolute Gasteiger partial charge is 0.233 e. The molecule has 0 bridgehead atoms. The van der Waals surface area contributed by atoms with E-state index in [-0.39, 0.29) is 23.7 Å². The molecule has 20 heavy (non-hydrogen) atoms. The number of fused-ring (bicyclic) bond motifs is 1. The number of H-pyrrole nitrogens is 1. The molecule has 108 valence electrons. The summed E-state index contributed by atoms with van der Waals surface area (Å²) in [6.45, 7) is 2.64. The number of carbonyl (C=O) groups is 2. The summed E-state index contributed by atoms with van der Waals surface area (Å²) in [7, 11) is 0. The molecule has 0 spiro atoms. The van der Waals surface area contributed by atoms with Gasteiger partial charge >= 0.3 is 0 Å². The maximum Gasteiger partial charge on any atom is 0.233 e. The lowest BCUT2D eigenvalue weighted by molar-refractivity contribution is -0.140. The molecule has 3 rings (SSSR count). The third kappa shape index (κ3) is 2.23. The Hall–Kier alpha value is -1.72. The number of carbonyl (C=O) groups excluding carboxylic acids is 2. The summed E-state index contributed by atoms with van der Waals surface area (Å²) < 4.78 is 0. The van der Waals surface area contributed by atoms with Crippen LogP contribution in [0.1, 0.15) is 38.4 Å². The second-order valence-electron chi connectivity index (χ2n) is 5.82. The van der Waals surface area contributed by atoms with Gasteiger partial charge < -0.3 is 0 Å². The maximum absolute atomic E-state index is 12.3. The number of rotatable bonds is 5. The summed E-state index contributed by atoms with van der Waals surface area (Å²) in [5.41, 5.74) is 0. The first kappa shape index (κ1) is 13.3. The van der Waals surface area contributed by atoms with Crippen LogP contribution in [0.2, 0.25) is 0 Å². The van der Waals surface area contributed by atoms with Gasteiger partial charge in [-0.3, -0.25) is 19.6 Å². The number of nitrogens with zero attached hydrogens (tertiary/aromatic N) is 3. The third-order valence-electron chi connectivity index (χ3n) is 4.66. The number of aromatic nitrogens is 3. The molecule has 1 saturated carbocycles. The van der Waals surface area contributed by atoms with Crippen LogP contribution in [0.5, 0.6) is 0 Å². The number of likely N-dealkylation sites (tertiary alicyclic amines) is 1. The van der Waals surface area contributed by atoms with E-state index in [2.05, 4.69) is 22.1 Å². The first-order chi connectivity index (χ1) is 9.70. The van der Waals surface area contributed by atoms with Crippen molar-refractivity contribution >= 4 is 11.8 Å². The van der Waals surface area contributed by atoms with Crippen molar-refractivity contribution < 1.29 is 9.59 Å². The van der Waals surface area contributed by atoms with Gasteiger partial charge in [0.25, 0.3) is 0 Å². The summed E-state index contributed by atoms with van der Waals surface area (Å²) in [4.78, 5) is 30.2. The maximum atomic E-state index is 12.3. The van der Waals surface area contributed by atoms with Gasteiger partial charge in [-0.25, -0.2) is 4.98 Å². The summed E-state index contributed by atoms with van der Waals surface area (Å²) in [6, 6.07) is 0. The number of hydrogen-bond acceptors (Lipinski definition) is 4. The normalized spacial score (nSPS) is 29.2. The Morgan fingerprint density at radius 1 is 1.30 bits per heavy atom. The van der Waals surface area contributed by atoms with Crippen molar-refractivity contribution in [2.45, 2.75) is 39.0 Å². The van der Waals surface area contributed by atoms with Gasteiger partial charge in [0.05, 0.1) is 11.8 Å². The van der Waals surface area contributed by atoms with E-state index in [9.17, 15) is 9.59 Å². The van der Waals surface area contributed by atoms with Crippen LogP contribution < -0.4 is 0 Å². The van der Waals surface area contributed by atoms with Crippen LogP contribution in [0, 0.1) is 17.8 Å². The number of aryl methyl sites for hydroxylation is 1. The van der Waals surface area contributed by atoms with Gasteiger partial charge in [0.2, 0.25) is 11.8 Å². The van der Waals surface area contributed by atoms with Crippen molar-refractivity contribution in [2.75, 3.05) is 6.54 Å². The SMILES string of the molecule is CCC1CC2C(=O)N(CCCc3ncn[nH]3)C(=O)C2C1. The molecule has 2 heterocycles. The molecule has 2 unspecified atom stereocenters. The van der Waals surface area contributed by atoms with E-state index in [4.69, 9.17) is 0 Å². The molecule has 2 aliphatic rings. The van der Waals surface area contributed by atoms with Crippen LogP contribution in [0.15, 0.2) is 6.33 Å². The zero-order valence-electron chi connectivity index (χ0n) is 11.7. The largest absolute Gasteiger partial charge is 0.282 e. The van der Waals surface area contributed by atoms with E-state index in [0.717, 1.165) is 31.5 Å². The molecule has 2 atom stereocenters. The monoisotopic (exact) mass is 276 g/mol. The second-order valence-corrected chi connectivity index (χ2v) is 5.82. The van der Waals surface area contributed by atoms with Crippen LogP contribution in [0.4, 0.5) is 0 Å². The molecule has 1 aromatic rings. The lowest BCUT2D eigenvalue weighted by Crippen LogP contribution is -2.33. The molecule has 0 aromatic carbocycles. The molecule has 6 heteroatoms. The van der Waals surface area contributed by atoms with E-state index in [1.54, 1.807) is 0 Å². The fourth-order valence-electron chi connectivity index (χ4n) is 3.51. The summed E-state index contributed by atoms with van der Waals surface area (Å²) >= 11 is 0. The molecule has 1 aromatic heterocycles. The average molecular weight is 276 g/mol. The van der Waals surface area contributed by atoms with E-state index < -0.39 is 0 Å². The molecular weight excluding hydrogens is 256 g/mol. The number of nitrogens with one attached hydrogen (secondary N) is 1. The van der Waals surface area contributed by atoms with Crippen molar-refractivity contribution in [3.63, 3.8) is 0 Å². The standard InChI is InChI=1S/C14H20N4O2/c1-2-9-6-10-11(7-9)14(20)18(13(10)19)5-3-4-12-15-8-16-17-12/h8-11H,2-7H2,1H3,(H,15,16,17). The highest BCUT2D eigenvalue weighted by Gasteiger charge is 2.51. The predicted octanol–water partition coefficient (Wildman–Crippen LogP) is 1.16. The number of hydrogen-bond donors (Lipinski definition) is 1. The lowest BCUT2D eigenvalue weighted by atomic mass is 10.00. The summed E-state index contributed by atoms with van der Waals surface area (Å²) in [6.07, 6.45) is 5.78. The van der Waals surface area contributed by atoms with Gasteiger partial charge in [-0.1, -0.05) is 13.3 Å². The van der Waals surface area contributed by atoms with E-state index in [0.29, 0.717) is 18.9 Å². The van der Waals surface area contributed by atoms with Crippen LogP contribution >= 0.6 is 0 Å². The van der Waals surface area contributed by atoms with E-state index in [1.807, 2.05) is 0 Å². The van der Waals surface area contributed by atoms with Gasteiger partial charge in [-0.05, 0) is 25.2 Å². The highest BCUT2D eigenvalue weighted by Crippen LogP contribution is 2.44. The average Bonchev–Trinajstić information content (AvgIpc) is 3.14. The Morgan fingerprint density at radius 2 is 2.00 bits per heavy atom. The Bertz CT molecular complexity index is 475. The van der Waals surface area contributed by atoms with Crippen LogP contribution in [-0.2, 0) is 16.0 Å². The summed E-state index contributed by atoms with van der Waals surface area (Å²) in [5.74, 6) is 1.36. The summed E-state index contributed by atoms with van der Waals surface area (Å²) in [5, 5.41) is 6.57. The molecule has 1 saturated heterocycles. The van der Waals surface area contributed by atoms with Crippen molar-refractivity contribution in [1.29, 1.82) is 0 Å². The van der Waals surface area contributed by atoms with Crippen molar-refractivity contribution in [2.24, 2.45) is 17.8 Å². The molecule has 2 amide bonds. The van der Waals surface area contributed by atoms with Gasteiger partial charge in [0.15, 0.2) is 0 Å². The Balaban J connectivity index is 1.56. The molecule has 2 fully saturated rings. The van der Waals surface area contributed by atoms with Crippen LogP contribution in [0.25, 0.3) is 0 Å².